The second-order valence-corrected chi connectivity index (χ2v) is 8.44. The quantitative estimate of drug-likeness (QED) is 0.326. The van der Waals surface area contributed by atoms with Crippen LogP contribution in [0.15, 0.2) is 99.1 Å². The van der Waals surface area contributed by atoms with Crippen molar-refractivity contribution in [2.24, 2.45) is 5.10 Å². The van der Waals surface area contributed by atoms with Crippen LogP contribution in [0.2, 0.25) is 0 Å². The minimum Gasteiger partial charge on any atom is -0.450 e. The van der Waals surface area contributed by atoms with Crippen molar-refractivity contribution in [1.29, 1.82) is 0 Å². The second kappa shape index (κ2) is 9.03. The number of carbonyl (C=O) groups excluding carboxylic acids is 2. The van der Waals surface area contributed by atoms with Crippen molar-refractivity contribution in [3.05, 3.63) is 106 Å². The Morgan fingerprint density at radius 3 is 2.48 bits per heavy atom. The van der Waals surface area contributed by atoms with E-state index < -0.39 is 18.5 Å². The van der Waals surface area contributed by atoms with Gasteiger partial charge in [-0.3, -0.25) is 4.79 Å². The lowest BCUT2D eigenvalue weighted by Crippen LogP contribution is -2.31. The molecule has 0 unspecified atom stereocenters. The van der Waals surface area contributed by atoms with Crippen molar-refractivity contribution < 1.29 is 18.7 Å². The third kappa shape index (κ3) is 4.45. The fourth-order valence-electron chi connectivity index (χ4n) is 3.91. The maximum Gasteiger partial charge on any atom is 0.374 e. The van der Waals surface area contributed by atoms with E-state index in [-0.39, 0.29) is 11.8 Å². The van der Waals surface area contributed by atoms with Gasteiger partial charge in [0.25, 0.3) is 5.91 Å². The Hall–Kier alpha value is -3.71. The number of carbonyl (C=O) groups is 2. The molecule has 4 aromatic rings. The van der Waals surface area contributed by atoms with E-state index in [0.717, 1.165) is 27.6 Å². The first kappa shape index (κ1) is 21.2. The zero-order valence-corrected chi connectivity index (χ0v) is 19.1. The van der Waals surface area contributed by atoms with Gasteiger partial charge in [0.05, 0.1) is 11.8 Å². The molecule has 6 nitrogen and oxygen atoms in total. The van der Waals surface area contributed by atoms with Gasteiger partial charge in [-0.25, -0.2) is 9.80 Å². The van der Waals surface area contributed by atoms with Crippen LogP contribution in [0.3, 0.4) is 0 Å². The zero-order valence-electron chi connectivity index (χ0n) is 17.5. The van der Waals surface area contributed by atoms with Gasteiger partial charge < -0.3 is 9.15 Å². The molecule has 0 bridgehead atoms. The van der Waals surface area contributed by atoms with Gasteiger partial charge in [-0.15, -0.1) is 0 Å². The Balaban J connectivity index is 1.40. The van der Waals surface area contributed by atoms with Crippen molar-refractivity contribution >= 4 is 44.3 Å². The normalized spacial score (nSPS) is 15.5. The standard InChI is InChI=1S/C26H19BrN2O4/c27-24-13-12-23(33-24)26(31)32-16-25(30)29-22(18-7-2-1-3-8-18)15-21(28-29)20-11-10-17-6-4-5-9-19(17)14-20/h1-14,22H,15-16H2/t22-/m0/s1. The number of nitrogens with zero attached hydrogens (tertiary/aromatic N) is 2. The monoisotopic (exact) mass is 502 g/mol. The third-order valence-corrected chi connectivity index (χ3v) is 5.96. The molecule has 1 aliphatic rings. The van der Waals surface area contributed by atoms with Crippen molar-refractivity contribution in [1.82, 2.24) is 5.01 Å². The predicted octanol–water partition coefficient (Wildman–Crippen LogP) is 5.73. The van der Waals surface area contributed by atoms with E-state index in [1.165, 1.54) is 11.1 Å². The fourth-order valence-corrected chi connectivity index (χ4v) is 4.21. The minimum atomic E-state index is -0.705. The zero-order chi connectivity index (χ0) is 22.8. The number of rotatable bonds is 5. The lowest BCUT2D eigenvalue weighted by atomic mass is 9.97. The van der Waals surface area contributed by atoms with Gasteiger partial charge in [0.1, 0.15) is 0 Å². The fraction of sp³-hybridized carbons (Fsp3) is 0.115. The molecule has 1 amide bonds. The lowest BCUT2D eigenvalue weighted by Gasteiger charge is -2.21. The van der Waals surface area contributed by atoms with Crippen LogP contribution in [-0.2, 0) is 9.53 Å². The maximum atomic E-state index is 13.1. The maximum absolute atomic E-state index is 13.1. The number of amides is 1. The lowest BCUT2D eigenvalue weighted by molar-refractivity contribution is -0.136. The highest BCUT2D eigenvalue weighted by Gasteiger charge is 2.33. The molecule has 7 heteroatoms. The first-order valence-corrected chi connectivity index (χ1v) is 11.2. The molecule has 0 N–H and O–H groups in total. The number of ether oxygens (including phenoxy) is 1. The van der Waals surface area contributed by atoms with Crippen LogP contribution in [0.25, 0.3) is 10.8 Å². The van der Waals surface area contributed by atoms with Crippen molar-refractivity contribution in [3.63, 3.8) is 0 Å². The Morgan fingerprint density at radius 2 is 1.73 bits per heavy atom. The smallest absolute Gasteiger partial charge is 0.374 e. The summed E-state index contributed by atoms with van der Waals surface area (Å²) in [6, 6.07) is 26.8. The molecule has 1 atom stereocenters. The van der Waals surface area contributed by atoms with E-state index in [1.54, 1.807) is 6.07 Å². The molecule has 0 fully saturated rings. The van der Waals surface area contributed by atoms with E-state index in [1.807, 2.05) is 48.5 Å². The Labute approximate surface area is 198 Å². The van der Waals surface area contributed by atoms with Crippen molar-refractivity contribution in [2.75, 3.05) is 6.61 Å². The molecule has 0 spiro atoms. The number of fused-ring (bicyclic) bond motifs is 1. The van der Waals surface area contributed by atoms with Crippen molar-refractivity contribution in [3.8, 4) is 0 Å². The number of hydrogen-bond donors (Lipinski definition) is 0. The van der Waals surface area contributed by atoms with Crippen LogP contribution in [-0.4, -0.2) is 29.2 Å². The number of furan rings is 1. The van der Waals surface area contributed by atoms with Crippen molar-refractivity contribution in [2.45, 2.75) is 12.5 Å². The Morgan fingerprint density at radius 1 is 0.970 bits per heavy atom. The van der Waals surface area contributed by atoms with Gasteiger partial charge in [0.15, 0.2) is 11.3 Å². The molecule has 1 aromatic heterocycles. The number of hydrogen-bond acceptors (Lipinski definition) is 5. The molecule has 2 heterocycles. The van der Waals surface area contributed by atoms with Gasteiger partial charge in [0, 0.05) is 6.42 Å². The topological polar surface area (TPSA) is 72.1 Å². The molecule has 0 radical (unpaired) electrons. The molecule has 5 rings (SSSR count). The molecule has 0 saturated heterocycles. The third-order valence-electron chi connectivity index (χ3n) is 5.53. The van der Waals surface area contributed by atoms with Gasteiger partial charge in [-0.2, -0.15) is 5.10 Å². The summed E-state index contributed by atoms with van der Waals surface area (Å²) >= 11 is 3.14. The van der Waals surface area contributed by atoms with E-state index in [9.17, 15) is 9.59 Å². The summed E-state index contributed by atoms with van der Waals surface area (Å²) in [6.07, 6.45) is 0.563. The Bertz CT molecular complexity index is 1360. The first-order valence-electron chi connectivity index (χ1n) is 10.4. The first-order chi connectivity index (χ1) is 16.1. The van der Waals surface area contributed by atoms with Gasteiger partial charge in [-0.05, 0) is 56.0 Å². The second-order valence-electron chi connectivity index (χ2n) is 7.66. The number of benzene rings is 3. The number of halogens is 1. The number of esters is 1. The van der Waals surface area contributed by atoms with Gasteiger partial charge >= 0.3 is 5.97 Å². The van der Waals surface area contributed by atoms with E-state index in [2.05, 4.69) is 45.3 Å². The van der Waals surface area contributed by atoms with Crippen LogP contribution in [0, 0.1) is 0 Å². The van der Waals surface area contributed by atoms with E-state index in [0.29, 0.717) is 11.1 Å². The van der Waals surface area contributed by atoms with Crippen LogP contribution in [0.5, 0.6) is 0 Å². The van der Waals surface area contributed by atoms with Crippen LogP contribution < -0.4 is 0 Å². The highest BCUT2D eigenvalue weighted by molar-refractivity contribution is 9.10. The molecule has 164 valence electrons. The molecular weight excluding hydrogens is 484 g/mol. The summed E-state index contributed by atoms with van der Waals surface area (Å²) < 4.78 is 10.8. The van der Waals surface area contributed by atoms with Gasteiger partial charge in [-0.1, -0.05) is 66.7 Å². The summed E-state index contributed by atoms with van der Waals surface area (Å²) in [7, 11) is 0. The summed E-state index contributed by atoms with van der Waals surface area (Å²) in [4.78, 5) is 25.3. The van der Waals surface area contributed by atoms with Crippen LogP contribution >= 0.6 is 15.9 Å². The highest BCUT2D eigenvalue weighted by atomic mass is 79.9. The summed E-state index contributed by atoms with van der Waals surface area (Å²) in [6.45, 7) is -0.436. The van der Waals surface area contributed by atoms with Crippen LogP contribution in [0.4, 0.5) is 0 Å². The van der Waals surface area contributed by atoms with E-state index in [4.69, 9.17) is 9.15 Å². The van der Waals surface area contributed by atoms with Crippen LogP contribution in [0.1, 0.15) is 34.1 Å². The molecular formula is C26H19BrN2O4. The molecule has 0 aliphatic carbocycles. The van der Waals surface area contributed by atoms with E-state index >= 15 is 0 Å². The molecule has 3 aromatic carbocycles. The number of hydrazone groups is 1. The predicted molar refractivity (Wildman–Crippen MR) is 128 cm³/mol. The average molecular weight is 503 g/mol. The summed E-state index contributed by atoms with van der Waals surface area (Å²) in [5.74, 6) is -1.09. The summed E-state index contributed by atoms with van der Waals surface area (Å²) in [5.41, 5.74) is 2.73. The average Bonchev–Trinajstić information content (AvgIpc) is 3.49. The minimum absolute atomic E-state index is 0.0241. The SMILES string of the molecule is O=C(OCC(=O)N1N=C(c2ccc3ccccc3c2)C[C@H]1c1ccccc1)c1ccc(Br)o1. The molecule has 1 aliphatic heterocycles. The van der Waals surface area contributed by atoms with Gasteiger partial charge in [0.2, 0.25) is 5.76 Å². The highest BCUT2D eigenvalue weighted by Crippen LogP contribution is 2.33. The summed E-state index contributed by atoms with van der Waals surface area (Å²) in [5, 5.41) is 8.33. The Kier molecular flexibility index (Phi) is 5.79. The largest absolute Gasteiger partial charge is 0.450 e. The molecule has 33 heavy (non-hydrogen) atoms. The molecule has 0 saturated carbocycles.